The molecule has 22 heavy (non-hydrogen) atoms. The van der Waals surface area contributed by atoms with Gasteiger partial charge in [0.2, 0.25) is 0 Å². The Balaban J connectivity index is 2.70. The SMILES string of the molecule is CCC(C)NC(=O)COc1cc(C(=O)OC(C)C)ccc1N. The number of carbonyl (C=O) groups is 2. The van der Waals surface area contributed by atoms with Crippen LogP contribution in [0.2, 0.25) is 0 Å². The minimum atomic E-state index is -0.455. The molecule has 0 aliphatic heterocycles. The Morgan fingerprint density at radius 3 is 2.55 bits per heavy atom. The number of anilines is 1. The number of amides is 1. The third kappa shape index (κ3) is 5.63. The number of hydrogen-bond donors (Lipinski definition) is 2. The van der Waals surface area contributed by atoms with Gasteiger partial charge in [0, 0.05) is 6.04 Å². The lowest BCUT2D eigenvalue weighted by Gasteiger charge is -2.14. The maximum atomic E-state index is 11.8. The molecule has 6 heteroatoms. The summed E-state index contributed by atoms with van der Waals surface area (Å²) in [6, 6.07) is 4.68. The average molecular weight is 308 g/mol. The number of nitrogen functional groups attached to an aromatic ring is 1. The van der Waals surface area contributed by atoms with E-state index in [1.54, 1.807) is 26.0 Å². The van der Waals surface area contributed by atoms with E-state index in [1.807, 2.05) is 13.8 Å². The monoisotopic (exact) mass is 308 g/mol. The van der Waals surface area contributed by atoms with Gasteiger partial charge in [0.05, 0.1) is 17.4 Å². The predicted octanol–water partition coefficient (Wildman–Crippen LogP) is 2.13. The van der Waals surface area contributed by atoms with Crippen molar-refractivity contribution in [3.8, 4) is 5.75 Å². The van der Waals surface area contributed by atoms with E-state index in [9.17, 15) is 9.59 Å². The van der Waals surface area contributed by atoms with Crippen molar-refractivity contribution in [1.82, 2.24) is 5.32 Å². The number of esters is 1. The zero-order chi connectivity index (χ0) is 16.7. The average Bonchev–Trinajstić information content (AvgIpc) is 2.45. The third-order valence-electron chi connectivity index (χ3n) is 2.97. The normalized spacial score (nSPS) is 11.9. The van der Waals surface area contributed by atoms with Gasteiger partial charge in [-0.25, -0.2) is 4.79 Å². The molecule has 0 fully saturated rings. The number of hydrogen-bond acceptors (Lipinski definition) is 5. The molecule has 1 atom stereocenters. The second-order valence-corrected chi connectivity index (χ2v) is 5.37. The number of rotatable bonds is 7. The molecule has 122 valence electrons. The fourth-order valence-corrected chi connectivity index (χ4v) is 1.63. The van der Waals surface area contributed by atoms with Gasteiger partial charge in [-0.2, -0.15) is 0 Å². The highest BCUT2D eigenvalue weighted by atomic mass is 16.5. The van der Waals surface area contributed by atoms with Crippen LogP contribution in [0.4, 0.5) is 5.69 Å². The lowest BCUT2D eigenvalue weighted by molar-refractivity contribution is -0.123. The smallest absolute Gasteiger partial charge is 0.338 e. The van der Waals surface area contributed by atoms with Crippen molar-refractivity contribution in [1.29, 1.82) is 0 Å². The van der Waals surface area contributed by atoms with Gasteiger partial charge in [0.25, 0.3) is 5.91 Å². The standard InChI is InChI=1S/C16H24N2O4/c1-5-11(4)18-15(19)9-21-14-8-12(6-7-13(14)17)16(20)22-10(2)3/h6-8,10-11H,5,9,17H2,1-4H3,(H,18,19). The minimum absolute atomic E-state index is 0.0841. The van der Waals surface area contributed by atoms with Gasteiger partial charge in [0.15, 0.2) is 6.61 Å². The Morgan fingerprint density at radius 2 is 1.95 bits per heavy atom. The fraction of sp³-hybridized carbons (Fsp3) is 0.500. The number of nitrogens with one attached hydrogen (secondary N) is 1. The summed E-state index contributed by atoms with van der Waals surface area (Å²) in [5.74, 6) is -0.398. The van der Waals surface area contributed by atoms with Crippen LogP contribution in [0.1, 0.15) is 44.5 Å². The Bertz CT molecular complexity index is 529. The highest BCUT2D eigenvalue weighted by Gasteiger charge is 2.13. The van der Waals surface area contributed by atoms with Gasteiger partial charge in [0.1, 0.15) is 5.75 Å². The van der Waals surface area contributed by atoms with Gasteiger partial charge in [-0.15, -0.1) is 0 Å². The van der Waals surface area contributed by atoms with Crippen molar-refractivity contribution in [3.05, 3.63) is 23.8 Å². The van der Waals surface area contributed by atoms with E-state index in [0.717, 1.165) is 6.42 Å². The summed E-state index contributed by atoms with van der Waals surface area (Å²) in [5, 5.41) is 2.79. The van der Waals surface area contributed by atoms with Crippen LogP contribution in [0.25, 0.3) is 0 Å². The molecular formula is C16H24N2O4. The molecule has 0 radical (unpaired) electrons. The molecule has 0 saturated heterocycles. The maximum Gasteiger partial charge on any atom is 0.338 e. The van der Waals surface area contributed by atoms with Crippen molar-refractivity contribution in [2.24, 2.45) is 0 Å². The molecule has 0 saturated carbocycles. The van der Waals surface area contributed by atoms with E-state index >= 15 is 0 Å². The van der Waals surface area contributed by atoms with Crippen molar-refractivity contribution in [2.45, 2.75) is 46.3 Å². The summed E-state index contributed by atoms with van der Waals surface area (Å²) in [5.41, 5.74) is 6.49. The van der Waals surface area contributed by atoms with E-state index in [0.29, 0.717) is 11.3 Å². The summed E-state index contributed by atoms with van der Waals surface area (Å²) < 4.78 is 10.5. The first kappa shape index (κ1) is 17.8. The van der Waals surface area contributed by atoms with Crippen LogP contribution in [0.3, 0.4) is 0 Å². The molecule has 3 N–H and O–H groups in total. The second kappa shape index (κ2) is 8.26. The van der Waals surface area contributed by atoms with Crippen LogP contribution < -0.4 is 15.8 Å². The predicted molar refractivity (Wildman–Crippen MR) is 84.8 cm³/mol. The molecule has 0 aliphatic rings. The molecule has 0 aromatic heterocycles. The molecule has 1 amide bonds. The largest absolute Gasteiger partial charge is 0.482 e. The first-order valence-corrected chi connectivity index (χ1v) is 7.36. The van der Waals surface area contributed by atoms with Crippen LogP contribution in [-0.2, 0) is 9.53 Å². The molecule has 1 aromatic rings. The first-order chi connectivity index (χ1) is 10.3. The van der Waals surface area contributed by atoms with Crippen molar-refractivity contribution in [2.75, 3.05) is 12.3 Å². The van der Waals surface area contributed by atoms with E-state index in [-0.39, 0.29) is 30.4 Å². The summed E-state index contributed by atoms with van der Waals surface area (Å²) in [6.07, 6.45) is 0.625. The van der Waals surface area contributed by atoms with Gasteiger partial charge >= 0.3 is 5.97 Å². The van der Waals surface area contributed by atoms with Crippen molar-refractivity contribution < 1.29 is 19.1 Å². The zero-order valence-electron chi connectivity index (χ0n) is 13.5. The van der Waals surface area contributed by atoms with Crippen LogP contribution in [-0.4, -0.2) is 30.6 Å². The van der Waals surface area contributed by atoms with E-state index < -0.39 is 5.97 Å². The Morgan fingerprint density at radius 1 is 1.27 bits per heavy atom. The molecule has 0 heterocycles. The molecule has 0 spiro atoms. The molecule has 1 rings (SSSR count). The highest BCUT2D eigenvalue weighted by Crippen LogP contribution is 2.23. The summed E-state index contributed by atoms with van der Waals surface area (Å²) in [6.45, 7) is 7.28. The molecule has 1 unspecified atom stereocenters. The maximum absolute atomic E-state index is 11.8. The van der Waals surface area contributed by atoms with Gasteiger partial charge < -0.3 is 20.5 Å². The number of carbonyl (C=O) groups excluding carboxylic acids is 2. The van der Waals surface area contributed by atoms with Crippen LogP contribution in [0.5, 0.6) is 5.75 Å². The van der Waals surface area contributed by atoms with Gasteiger partial charge in [-0.3, -0.25) is 4.79 Å². The number of ether oxygens (including phenoxy) is 2. The highest BCUT2D eigenvalue weighted by molar-refractivity contribution is 5.90. The zero-order valence-corrected chi connectivity index (χ0v) is 13.5. The van der Waals surface area contributed by atoms with E-state index in [2.05, 4.69) is 5.32 Å². The quantitative estimate of drug-likeness (QED) is 0.595. The van der Waals surface area contributed by atoms with Crippen LogP contribution in [0, 0.1) is 0 Å². The molecule has 1 aromatic carbocycles. The van der Waals surface area contributed by atoms with E-state index in [4.69, 9.17) is 15.2 Å². The Hall–Kier alpha value is -2.24. The molecular weight excluding hydrogens is 284 g/mol. The molecule has 0 aliphatic carbocycles. The molecule has 6 nitrogen and oxygen atoms in total. The van der Waals surface area contributed by atoms with Crippen LogP contribution >= 0.6 is 0 Å². The van der Waals surface area contributed by atoms with Gasteiger partial charge in [-0.1, -0.05) is 6.92 Å². The lowest BCUT2D eigenvalue weighted by Crippen LogP contribution is -2.35. The van der Waals surface area contributed by atoms with Crippen molar-refractivity contribution >= 4 is 17.6 Å². The minimum Gasteiger partial charge on any atom is -0.482 e. The third-order valence-corrected chi connectivity index (χ3v) is 2.97. The summed E-state index contributed by atoms with van der Waals surface area (Å²) in [4.78, 5) is 23.5. The Labute approximate surface area is 131 Å². The van der Waals surface area contributed by atoms with Crippen molar-refractivity contribution in [3.63, 3.8) is 0 Å². The fourth-order valence-electron chi connectivity index (χ4n) is 1.63. The topological polar surface area (TPSA) is 90.6 Å². The number of nitrogens with two attached hydrogens (primary N) is 1. The first-order valence-electron chi connectivity index (χ1n) is 7.36. The summed E-state index contributed by atoms with van der Waals surface area (Å²) >= 11 is 0. The second-order valence-electron chi connectivity index (χ2n) is 5.37. The van der Waals surface area contributed by atoms with Crippen LogP contribution in [0.15, 0.2) is 18.2 Å². The Kier molecular flexibility index (Phi) is 6.69. The van der Waals surface area contributed by atoms with Gasteiger partial charge in [-0.05, 0) is 45.4 Å². The number of benzene rings is 1. The summed E-state index contributed by atoms with van der Waals surface area (Å²) in [7, 11) is 0. The lowest BCUT2D eigenvalue weighted by atomic mass is 10.2. The molecule has 0 bridgehead atoms. The van der Waals surface area contributed by atoms with E-state index in [1.165, 1.54) is 6.07 Å².